The fourth-order valence-electron chi connectivity index (χ4n) is 2.31. The predicted molar refractivity (Wildman–Crippen MR) is 85.9 cm³/mol. The Balaban J connectivity index is 1.36. The molecule has 0 fully saturated rings. The number of benzene rings is 2. The number of nitrogens with one attached hydrogen (secondary N) is 1. The van der Waals surface area contributed by atoms with Crippen LogP contribution >= 0.6 is 0 Å². The summed E-state index contributed by atoms with van der Waals surface area (Å²) >= 11 is 0. The molecule has 1 N–H and O–H groups in total. The van der Waals surface area contributed by atoms with Crippen molar-refractivity contribution in [2.45, 2.75) is 12.5 Å². The van der Waals surface area contributed by atoms with E-state index >= 15 is 0 Å². The molecule has 6 heteroatoms. The second-order valence-corrected chi connectivity index (χ2v) is 5.38. The van der Waals surface area contributed by atoms with Gasteiger partial charge in [0, 0.05) is 13.0 Å². The summed E-state index contributed by atoms with van der Waals surface area (Å²) in [5.74, 6) is 1.33. The Morgan fingerprint density at radius 1 is 1.17 bits per heavy atom. The summed E-state index contributed by atoms with van der Waals surface area (Å²) < 4.78 is 29.5. The standard InChI is InChI=1S/C18H18FNO4/c19-13-5-7-14(8-6-13)22-12-18(21)20-10-9-15-11-23-16-3-1-2-4-17(16)24-15/h1-8,15H,9-12H2,(H,20,21)/t15-/m0/s1. The molecule has 0 bridgehead atoms. The molecule has 1 amide bonds. The average Bonchev–Trinajstić information content (AvgIpc) is 2.61. The molecule has 0 saturated heterocycles. The Morgan fingerprint density at radius 3 is 2.71 bits per heavy atom. The van der Waals surface area contributed by atoms with Crippen LogP contribution < -0.4 is 19.5 Å². The highest BCUT2D eigenvalue weighted by molar-refractivity contribution is 5.77. The van der Waals surface area contributed by atoms with Crippen LogP contribution in [-0.4, -0.2) is 31.8 Å². The molecule has 126 valence electrons. The van der Waals surface area contributed by atoms with E-state index in [1.807, 2.05) is 24.3 Å². The smallest absolute Gasteiger partial charge is 0.257 e. The number of rotatable bonds is 6. The Hall–Kier alpha value is -2.76. The molecular weight excluding hydrogens is 313 g/mol. The lowest BCUT2D eigenvalue weighted by molar-refractivity contribution is -0.123. The molecule has 0 aliphatic carbocycles. The molecule has 0 spiro atoms. The molecule has 1 heterocycles. The lowest BCUT2D eigenvalue weighted by Crippen LogP contribution is -2.35. The lowest BCUT2D eigenvalue weighted by atomic mass is 10.2. The molecule has 1 aliphatic heterocycles. The van der Waals surface area contributed by atoms with Crippen LogP contribution in [0, 0.1) is 5.82 Å². The zero-order valence-electron chi connectivity index (χ0n) is 13.0. The number of hydrogen-bond donors (Lipinski definition) is 1. The molecule has 0 unspecified atom stereocenters. The van der Waals surface area contributed by atoms with Gasteiger partial charge in [0.15, 0.2) is 18.1 Å². The first-order valence-electron chi connectivity index (χ1n) is 7.74. The van der Waals surface area contributed by atoms with Crippen LogP contribution in [0.1, 0.15) is 6.42 Å². The van der Waals surface area contributed by atoms with Crippen LogP contribution in [-0.2, 0) is 4.79 Å². The molecule has 2 aromatic carbocycles. The van der Waals surface area contributed by atoms with Crippen LogP contribution in [0.4, 0.5) is 4.39 Å². The predicted octanol–water partition coefficient (Wildman–Crippen LogP) is 2.55. The van der Waals surface area contributed by atoms with Crippen molar-refractivity contribution in [3.63, 3.8) is 0 Å². The van der Waals surface area contributed by atoms with Gasteiger partial charge < -0.3 is 19.5 Å². The maximum atomic E-state index is 12.8. The number of fused-ring (bicyclic) bond motifs is 1. The quantitative estimate of drug-likeness (QED) is 0.884. The van der Waals surface area contributed by atoms with Crippen LogP contribution in [0.25, 0.3) is 0 Å². The summed E-state index contributed by atoms with van der Waals surface area (Å²) in [5.41, 5.74) is 0. The number of ether oxygens (including phenoxy) is 3. The van der Waals surface area contributed by atoms with Crippen LogP contribution in [0.15, 0.2) is 48.5 Å². The van der Waals surface area contributed by atoms with Gasteiger partial charge in [-0.3, -0.25) is 4.79 Å². The first kappa shape index (κ1) is 16.1. The number of halogens is 1. The highest BCUT2D eigenvalue weighted by Gasteiger charge is 2.20. The third-order valence-corrected chi connectivity index (χ3v) is 3.54. The maximum absolute atomic E-state index is 12.8. The number of carbonyl (C=O) groups excluding carboxylic acids is 1. The zero-order valence-corrected chi connectivity index (χ0v) is 13.0. The normalized spacial score (nSPS) is 15.6. The SMILES string of the molecule is O=C(COc1ccc(F)cc1)NCC[C@H]1COc2ccccc2O1. The molecule has 3 rings (SSSR count). The van der Waals surface area contributed by atoms with Gasteiger partial charge in [-0.25, -0.2) is 4.39 Å². The molecule has 0 saturated carbocycles. The summed E-state index contributed by atoms with van der Waals surface area (Å²) in [7, 11) is 0. The highest BCUT2D eigenvalue weighted by atomic mass is 19.1. The summed E-state index contributed by atoms with van der Waals surface area (Å²) in [6.07, 6.45) is 0.537. The number of carbonyl (C=O) groups is 1. The minimum Gasteiger partial charge on any atom is -0.486 e. The van der Waals surface area contributed by atoms with E-state index in [0.29, 0.717) is 25.3 Å². The highest BCUT2D eigenvalue weighted by Crippen LogP contribution is 2.31. The minimum atomic E-state index is -0.344. The molecule has 1 atom stereocenters. The fraction of sp³-hybridized carbons (Fsp3) is 0.278. The molecule has 2 aromatic rings. The Bertz CT molecular complexity index is 690. The Kier molecular flexibility index (Phi) is 5.15. The van der Waals surface area contributed by atoms with Crippen molar-refractivity contribution >= 4 is 5.91 Å². The summed E-state index contributed by atoms with van der Waals surface area (Å²) in [6.45, 7) is 0.803. The number of amides is 1. The van der Waals surface area contributed by atoms with E-state index in [1.165, 1.54) is 24.3 Å². The van der Waals surface area contributed by atoms with Gasteiger partial charge in [0.05, 0.1) is 0 Å². The van der Waals surface area contributed by atoms with Crippen molar-refractivity contribution in [1.82, 2.24) is 5.32 Å². The van der Waals surface area contributed by atoms with Crippen molar-refractivity contribution in [2.75, 3.05) is 19.8 Å². The van der Waals surface area contributed by atoms with Gasteiger partial charge in [-0.15, -0.1) is 0 Å². The molecular formula is C18H18FNO4. The Morgan fingerprint density at radius 2 is 1.92 bits per heavy atom. The molecule has 24 heavy (non-hydrogen) atoms. The van der Waals surface area contributed by atoms with E-state index in [2.05, 4.69) is 5.32 Å². The number of para-hydroxylation sites is 2. The minimum absolute atomic E-state index is 0.0989. The van der Waals surface area contributed by atoms with Crippen LogP contribution in [0.2, 0.25) is 0 Å². The third kappa shape index (κ3) is 4.38. The van der Waals surface area contributed by atoms with Crippen molar-refractivity contribution < 1.29 is 23.4 Å². The van der Waals surface area contributed by atoms with Gasteiger partial charge in [0.25, 0.3) is 5.91 Å². The number of hydrogen-bond acceptors (Lipinski definition) is 4. The molecule has 0 aromatic heterocycles. The first-order chi connectivity index (χ1) is 11.7. The largest absolute Gasteiger partial charge is 0.486 e. The maximum Gasteiger partial charge on any atom is 0.257 e. The van der Waals surface area contributed by atoms with Crippen molar-refractivity contribution in [1.29, 1.82) is 0 Å². The third-order valence-electron chi connectivity index (χ3n) is 3.54. The molecule has 0 radical (unpaired) electrons. The Labute approximate surface area is 139 Å². The van der Waals surface area contributed by atoms with Crippen molar-refractivity contribution in [3.8, 4) is 17.2 Å². The molecule has 1 aliphatic rings. The second-order valence-electron chi connectivity index (χ2n) is 5.38. The van der Waals surface area contributed by atoms with Crippen molar-refractivity contribution in [2.24, 2.45) is 0 Å². The first-order valence-corrected chi connectivity index (χ1v) is 7.74. The lowest BCUT2D eigenvalue weighted by Gasteiger charge is -2.26. The van der Waals surface area contributed by atoms with Crippen LogP contribution in [0.3, 0.4) is 0 Å². The van der Waals surface area contributed by atoms with Gasteiger partial charge in [-0.1, -0.05) is 12.1 Å². The van der Waals surface area contributed by atoms with Gasteiger partial charge in [-0.2, -0.15) is 0 Å². The monoisotopic (exact) mass is 331 g/mol. The van der Waals surface area contributed by atoms with E-state index < -0.39 is 0 Å². The van der Waals surface area contributed by atoms with Gasteiger partial charge >= 0.3 is 0 Å². The van der Waals surface area contributed by atoms with Gasteiger partial charge in [0.1, 0.15) is 24.3 Å². The van der Waals surface area contributed by atoms with E-state index in [1.54, 1.807) is 0 Å². The van der Waals surface area contributed by atoms with E-state index in [-0.39, 0.29) is 24.4 Å². The average molecular weight is 331 g/mol. The summed E-state index contributed by atoms with van der Waals surface area (Å²) in [5, 5.41) is 2.76. The van der Waals surface area contributed by atoms with E-state index in [9.17, 15) is 9.18 Å². The summed E-state index contributed by atoms with van der Waals surface area (Å²) in [4.78, 5) is 11.7. The fourth-order valence-corrected chi connectivity index (χ4v) is 2.31. The van der Waals surface area contributed by atoms with Crippen LogP contribution in [0.5, 0.6) is 17.2 Å². The summed E-state index contributed by atoms with van der Waals surface area (Å²) in [6, 6.07) is 13.0. The molecule has 5 nitrogen and oxygen atoms in total. The van der Waals surface area contributed by atoms with Gasteiger partial charge in [0.2, 0.25) is 0 Å². The van der Waals surface area contributed by atoms with E-state index in [0.717, 1.165) is 11.5 Å². The van der Waals surface area contributed by atoms with E-state index in [4.69, 9.17) is 14.2 Å². The topological polar surface area (TPSA) is 56.8 Å². The zero-order chi connectivity index (χ0) is 16.8. The second kappa shape index (κ2) is 7.68. The van der Waals surface area contributed by atoms with Gasteiger partial charge in [-0.05, 0) is 36.4 Å². The van der Waals surface area contributed by atoms with Crippen molar-refractivity contribution in [3.05, 3.63) is 54.3 Å².